The van der Waals surface area contributed by atoms with Crippen LogP contribution >= 0.6 is 23.2 Å². The van der Waals surface area contributed by atoms with Gasteiger partial charge in [-0.3, -0.25) is 43.7 Å². The molecule has 0 radical (unpaired) electrons. The minimum atomic E-state index is -2.21. The molecule has 17 N–H and O–H groups in total. The summed E-state index contributed by atoms with van der Waals surface area (Å²) in [6.07, 6.45) is -7.10. The highest BCUT2D eigenvalue weighted by atomic mass is 35.5. The predicted molar refractivity (Wildman–Crippen MR) is 399 cm³/mol. The minimum Gasteiger partial charge on any atom is -0.508 e. The topological polar surface area (TPSA) is 471 Å². The summed E-state index contributed by atoms with van der Waals surface area (Å²) in [6.45, 7) is 4.84. The van der Waals surface area contributed by atoms with Crippen molar-refractivity contribution in [3.8, 4) is 57.1 Å². The number of aromatic hydroxyl groups is 3. The van der Waals surface area contributed by atoms with Gasteiger partial charge in [0.2, 0.25) is 41.6 Å². The molecule has 111 heavy (non-hydrogen) atoms. The lowest BCUT2D eigenvalue weighted by molar-refractivity contribution is -0.277. The number of benzene rings is 5. The molecule has 15 bridgehead atoms. The molecule has 0 aromatic heterocycles. The van der Waals surface area contributed by atoms with E-state index in [4.69, 9.17) is 47.9 Å². The molecule has 5 aromatic carbocycles. The first-order chi connectivity index (χ1) is 52.9. The number of Topliss-reactive ketones (excluding diaryl/α,β-unsaturated/α-hetero) is 3. The van der Waals surface area contributed by atoms with E-state index in [-0.39, 0.29) is 104 Å². The number of carbonyl (C=O) groups excluding carboxylic acids is 9. The summed E-state index contributed by atoms with van der Waals surface area (Å²) in [5, 5.41) is 119. The summed E-state index contributed by atoms with van der Waals surface area (Å²) in [5.41, 5.74) is 4.74. The van der Waals surface area contributed by atoms with Gasteiger partial charge < -0.3 is 97.2 Å². The number of phenolic OH excluding ortho intramolecular Hbond substituents is 3. The lowest BCUT2D eigenvalue weighted by Gasteiger charge is -2.54. The molecule has 5 unspecified atom stereocenters. The minimum absolute atomic E-state index is 0.0672. The number of urea groups is 1. The van der Waals surface area contributed by atoms with Gasteiger partial charge in [0.25, 0.3) is 0 Å². The standard InChI is InChI=1S/C80H95Cl2N7O22/c1-4-5-6-7-8-9-16-84-80(107)85-63(97)29-44-26-55(94)67(88-77(105)52(83)17-35(2)3)69(98)39-11-14-58(50(81)24-39)108-60-27-43-28-61(74(60)111-79-73(102)72(101)71(100)62(34-90)110-79)109-59-15-12-40(25-51(59)82)70(99)68-78(106)87-66(57(96)32-46-41-19-36-18-37(21-41)22-42(46)20-36)49-30-45(91)31-54(93)64(49)48-23-38(10-13-53(48)92)47(76(104)89-68)33-56(95)65(43)86-75(44)103/h10-15,23-25,27-28,30-31,35-37,41-42,44,46-47,52,62,65-73,79,90-93,98-102H,4-9,16-22,26,29,32-34,83H2,1-3H3,(H,86,103)(H,87,106)(H,88,105)(H,89,104)(H2,84,85,97,107)/t36?,37?,41?,42?,44-,46?,47+,52+,62?,65+,66-,67-,68+,69+,70+,71?,72?,73?,79?/m0/s1. The van der Waals surface area contributed by atoms with Crippen LogP contribution < -0.4 is 51.8 Å². The average molecular weight is 1580 g/mol. The van der Waals surface area contributed by atoms with Crippen molar-refractivity contribution in [2.75, 3.05) is 13.2 Å². The number of carbonyl (C=O) groups is 9. The third-order valence-corrected chi connectivity index (χ3v) is 23.3. The highest BCUT2D eigenvalue weighted by molar-refractivity contribution is 6.32. The van der Waals surface area contributed by atoms with Crippen LogP contribution in [-0.4, -0.2) is 161 Å². The van der Waals surface area contributed by atoms with Crippen LogP contribution in [0.1, 0.15) is 182 Å². The zero-order chi connectivity index (χ0) is 79.5. The number of ketones is 3. The van der Waals surface area contributed by atoms with E-state index in [1.807, 2.05) is 0 Å². The zero-order valence-electron chi connectivity index (χ0n) is 61.4. The number of ether oxygens (including phenoxy) is 4. The molecule has 6 heterocycles. The number of rotatable bonds is 19. The summed E-state index contributed by atoms with van der Waals surface area (Å²) in [7, 11) is 0. The number of amides is 7. The number of nitrogens with two attached hydrogens (primary N) is 1. The van der Waals surface area contributed by atoms with E-state index >= 15 is 28.8 Å². The van der Waals surface area contributed by atoms with Gasteiger partial charge in [-0.2, -0.15) is 0 Å². The van der Waals surface area contributed by atoms with Crippen molar-refractivity contribution in [1.29, 1.82) is 0 Å². The maximum Gasteiger partial charge on any atom is 0.321 e. The molecule has 5 fully saturated rings. The van der Waals surface area contributed by atoms with Crippen molar-refractivity contribution >= 4 is 76.1 Å². The molecule has 1 saturated heterocycles. The van der Waals surface area contributed by atoms with Crippen LogP contribution in [0.25, 0.3) is 11.1 Å². The number of imide groups is 1. The van der Waals surface area contributed by atoms with E-state index in [1.54, 1.807) is 13.8 Å². The van der Waals surface area contributed by atoms with E-state index in [0.29, 0.717) is 18.3 Å². The van der Waals surface area contributed by atoms with Crippen molar-refractivity contribution in [2.24, 2.45) is 47.2 Å². The lowest BCUT2D eigenvalue weighted by Crippen LogP contribution is -2.60. The number of hydrogen-bond acceptors (Lipinski definition) is 23. The summed E-state index contributed by atoms with van der Waals surface area (Å²) in [4.78, 5) is 136. The molecule has 7 amide bonds. The maximum atomic E-state index is 16.4. The van der Waals surface area contributed by atoms with Gasteiger partial charge in [0.15, 0.2) is 28.8 Å². The Morgan fingerprint density at radius 1 is 0.649 bits per heavy atom. The highest BCUT2D eigenvalue weighted by Gasteiger charge is 2.51. The first-order valence-corrected chi connectivity index (χ1v) is 38.7. The Balaban J connectivity index is 1.04. The third-order valence-electron chi connectivity index (χ3n) is 22.7. The largest absolute Gasteiger partial charge is 0.508 e. The van der Waals surface area contributed by atoms with Gasteiger partial charge in [-0.15, -0.1) is 0 Å². The summed E-state index contributed by atoms with van der Waals surface area (Å²) in [5.74, 6) is -15.5. The Kier molecular flexibility index (Phi) is 25.6. The Hall–Kier alpha value is -9.01. The van der Waals surface area contributed by atoms with Crippen molar-refractivity contribution in [3.05, 3.63) is 117 Å². The van der Waals surface area contributed by atoms with E-state index < -0.39 is 198 Å². The van der Waals surface area contributed by atoms with E-state index in [9.17, 15) is 60.3 Å². The molecule has 6 aliphatic heterocycles. The van der Waals surface area contributed by atoms with Gasteiger partial charge in [-0.1, -0.05) is 94.3 Å². The number of aliphatic hydroxyl groups excluding tert-OH is 6. The maximum absolute atomic E-state index is 16.4. The molecule has 596 valence electrons. The molecule has 15 rings (SSSR count). The molecule has 29 nitrogen and oxygen atoms in total. The molecule has 31 heteroatoms. The molecule has 10 aliphatic rings. The van der Waals surface area contributed by atoms with Crippen LogP contribution in [0.15, 0.2) is 78.9 Å². The van der Waals surface area contributed by atoms with Crippen LogP contribution in [0, 0.1) is 41.4 Å². The van der Waals surface area contributed by atoms with E-state index in [2.05, 4.69) is 38.8 Å². The van der Waals surface area contributed by atoms with Gasteiger partial charge >= 0.3 is 6.03 Å². The smallest absolute Gasteiger partial charge is 0.321 e. The van der Waals surface area contributed by atoms with Crippen LogP contribution in [0.4, 0.5) is 4.79 Å². The van der Waals surface area contributed by atoms with E-state index in [0.717, 1.165) is 107 Å². The van der Waals surface area contributed by atoms with Gasteiger partial charge in [0.1, 0.15) is 89.5 Å². The molecular formula is C80H95Cl2N7O22. The number of aliphatic hydroxyl groups is 6. The van der Waals surface area contributed by atoms with Crippen LogP contribution in [-0.2, 0) is 43.1 Å². The average Bonchev–Trinajstić information content (AvgIpc) is 0.767. The Labute approximate surface area is 649 Å². The van der Waals surface area contributed by atoms with Crippen molar-refractivity contribution in [3.63, 3.8) is 0 Å². The third kappa shape index (κ3) is 18.2. The molecule has 5 aromatic rings. The number of fused-ring (bicyclic) bond motifs is 15. The first-order valence-electron chi connectivity index (χ1n) is 37.9. The second-order valence-corrected chi connectivity index (χ2v) is 31.9. The highest BCUT2D eigenvalue weighted by Crippen LogP contribution is 2.58. The fourth-order valence-corrected chi connectivity index (χ4v) is 17.6. The van der Waals surface area contributed by atoms with Gasteiger partial charge in [0.05, 0.1) is 34.5 Å². The van der Waals surface area contributed by atoms with E-state index in [1.165, 1.54) is 36.4 Å². The monoisotopic (exact) mass is 1580 g/mol. The van der Waals surface area contributed by atoms with Gasteiger partial charge in [-0.05, 0) is 163 Å². The Morgan fingerprint density at radius 3 is 1.91 bits per heavy atom. The van der Waals surface area contributed by atoms with Crippen molar-refractivity contribution in [1.82, 2.24) is 31.9 Å². The molecule has 0 spiro atoms. The van der Waals surface area contributed by atoms with Crippen molar-refractivity contribution < 1.29 is 108 Å². The van der Waals surface area contributed by atoms with Gasteiger partial charge in [0, 0.05) is 49.4 Å². The predicted octanol–water partition coefficient (Wildman–Crippen LogP) is 7.23. The normalized spacial score (nSPS) is 28.7. The first kappa shape index (κ1) is 81.5. The second kappa shape index (κ2) is 34.9. The number of halogens is 2. The summed E-state index contributed by atoms with van der Waals surface area (Å²) < 4.78 is 25.5. The summed E-state index contributed by atoms with van der Waals surface area (Å²) >= 11 is 14.2. The van der Waals surface area contributed by atoms with Gasteiger partial charge in [-0.25, -0.2) is 4.79 Å². The fourth-order valence-electron chi connectivity index (χ4n) is 17.1. The summed E-state index contributed by atoms with van der Waals surface area (Å²) in [6, 6.07) is 4.74. The number of unbranched alkanes of at least 4 members (excludes halogenated alkanes) is 5. The van der Waals surface area contributed by atoms with Crippen LogP contribution in [0.5, 0.6) is 46.0 Å². The van der Waals surface area contributed by atoms with Crippen LogP contribution in [0.3, 0.4) is 0 Å². The Bertz CT molecular complexity index is 4360. The zero-order valence-corrected chi connectivity index (χ0v) is 63.0. The quantitative estimate of drug-likeness (QED) is 0.0362. The number of hydrogen-bond donors (Lipinski definition) is 16. The molecule has 4 saturated carbocycles. The second-order valence-electron chi connectivity index (χ2n) is 31.1. The lowest BCUT2D eigenvalue weighted by atomic mass is 9.51. The molecule has 4 aliphatic carbocycles. The van der Waals surface area contributed by atoms with Crippen LogP contribution in [0.2, 0.25) is 10.0 Å². The Morgan fingerprint density at radius 2 is 1.28 bits per heavy atom. The SMILES string of the molecule is CCCCCCCCNC(=O)NC(=O)C[C@@H]1CC(=O)[C@H](NC(=O)[C@H](N)CC(C)C)[C@H](O)c2ccc(c(Cl)c2)Oc2cc3cc(c2OC2OC(CO)C(O)C(O)C2O)Oc2ccc(cc2Cl)[C@@H](O)[C@H]2NC(=O)[C@H](CC(=O)[C@@H]3NC1=O)c1ccc(O)c(c1)-c1c(O)cc(O)cc1[C@@H](C(=O)CC1C3CC4CC(C3)CC1C4)NC2=O. The number of phenols is 3. The molecule has 14 atom stereocenters. The number of nitrogens with one attached hydrogen (secondary N) is 6. The molecular weight excluding hydrogens is 1480 g/mol. The van der Waals surface area contributed by atoms with Crippen molar-refractivity contribution in [2.45, 2.75) is 203 Å². The fraction of sp³-hybridized carbons (Fsp3) is 0.512.